The number of carbonyl (C=O) groups is 1. The predicted octanol–water partition coefficient (Wildman–Crippen LogP) is 2.53. The van der Waals surface area contributed by atoms with E-state index in [1.165, 1.54) is 0 Å². The van der Waals surface area contributed by atoms with Crippen LogP contribution in [0.15, 0.2) is 16.6 Å². The van der Waals surface area contributed by atoms with Crippen molar-refractivity contribution in [3.63, 3.8) is 0 Å². The van der Waals surface area contributed by atoms with Gasteiger partial charge < -0.3 is 15.5 Å². The van der Waals surface area contributed by atoms with Crippen molar-refractivity contribution < 1.29 is 9.18 Å². The number of halogens is 2. The van der Waals surface area contributed by atoms with E-state index in [9.17, 15) is 9.18 Å². The third-order valence-electron chi connectivity index (χ3n) is 3.23. The zero-order valence-corrected chi connectivity index (χ0v) is 14.7. The van der Waals surface area contributed by atoms with Gasteiger partial charge in [0, 0.05) is 25.7 Å². The molecule has 0 heterocycles. The van der Waals surface area contributed by atoms with Gasteiger partial charge in [0.25, 0.3) is 0 Å². The van der Waals surface area contributed by atoms with Crippen molar-refractivity contribution >= 4 is 44.7 Å². The SMILES string of the molecule is CCN(CC)C(=O)CN(C)c1ccc(C(N)=S)c(Br)c1F. The molecule has 1 aromatic carbocycles. The Labute approximate surface area is 138 Å². The monoisotopic (exact) mass is 375 g/mol. The highest BCUT2D eigenvalue weighted by Crippen LogP contribution is 2.29. The maximum Gasteiger partial charge on any atom is 0.242 e. The molecule has 0 aliphatic heterocycles. The van der Waals surface area contributed by atoms with E-state index < -0.39 is 5.82 Å². The maximum absolute atomic E-state index is 14.4. The number of amides is 1. The summed E-state index contributed by atoms with van der Waals surface area (Å²) in [6.45, 7) is 5.20. The van der Waals surface area contributed by atoms with E-state index in [2.05, 4.69) is 15.9 Å². The first-order valence-corrected chi connectivity index (χ1v) is 7.80. The van der Waals surface area contributed by atoms with Crippen molar-refractivity contribution in [3.05, 3.63) is 28.0 Å². The van der Waals surface area contributed by atoms with E-state index in [0.717, 1.165) is 0 Å². The molecule has 0 fully saturated rings. The number of rotatable bonds is 6. The number of hydrogen-bond donors (Lipinski definition) is 1. The zero-order chi connectivity index (χ0) is 16.2. The third kappa shape index (κ3) is 4.14. The molecule has 0 bridgehead atoms. The number of benzene rings is 1. The molecule has 0 aliphatic rings. The maximum atomic E-state index is 14.4. The molecule has 4 nitrogen and oxygen atoms in total. The number of thiocarbonyl (C=S) groups is 1. The largest absolute Gasteiger partial charge is 0.389 e. The van der Waals surface area contributed by atoms with Crippen LogP contribution >= 0.6 is 28.1 Å². The Bertz CT molecular complexity index is 549. The van der Waals surface area contributed by atoms with Gasteiger partial charge in [0.15, 0.2) is 5.82 Å². The Morgan fingerprint density at radius 2 is 1.95 bits per heavy atom. The summed E-state index contributed by atoms with van der Waals surface area (Å²) in [5, 5.41) is 0. The lowest BCUT2D eigenvalue weighted by atomic mass is 10.2. The lowest BCUT2D eigenvalue weighted by Crippen LogP contribution is -2.39. The molecule has 0 aliphatic carbocycles. The molecule has 1 rings (SSSR count). The summed E-state index contributed by atoms with van der Waals surface area (Å²) in [6.07, 6.45) is 0. The number of carbonyl (C=O) groups excluding carboxylic acids is 1. The molecule has 2 N–H and O–H groups in total. The number of hydrogen-bond acceptors (Lipinski definition) is 3. The van der Waals surface area contributed by atoms with Gasteiger partial charge >= 0.3 is 0 Å². The smallest absolute Gasteiger partial charge is 0.242 e. The summed E-state index contributed by atoms with van der Waals surface area (Å²) in [6, 6.07) is 3.22. The lowest BCUT2D eigenvalue weighted by molar-refractivity contribution is -0.129. The van der Waals surface area contributed by atoms with Gasteiger partial charge in [-0.2, -0.15) is 0 Å². The van der Waals surface area contributed by atoms with Gasteiger partial charge in [-0.1, -0.05) is 12.2 Å². The first-order valence-electron chi connectivity index (χ1n) is 6.60. The van der Waals surface area contributed by atoms with Crippen LogP contribution in [0.25, 0.3) is 0 Å². The molecule has 0 saturated heterocycles. The highest BCUT2D eigenvalue weighted by molar-refractivity contribution is 9.10. The molecule has 0 spiro atoms. The van der Waals surface area contributed by atoms with Crippen molar-refractivity contribution in [1.29, 1.82) is 0 Å². The van der Waals surface area contributed by atoms with Crippen LogP contribution in [0, 0.1) is 5.82 Å². The molecule has 1 amide bonds. The van der Waals surface area contributed by atoms with Crippen molar-refractivity contribution in [1.82, 2.24) is 4.90 Å². The van der Waals surface area contributed by atoms with Gasteiger partial charge in [-0.05, 0) is 41.9 Å². The van der Waals surface area contributed by atoms with Crippen LogP contribution in [0.2, 0.25) is 0 Å². The van der Waals surface area contributed by atoms with Crippen molar-refractivity contribution in [2.75, 3.05) is 31.6 Å². The Morgan fingerprint density at radius 3 is 2.43 bits per heavy atom. The minimum absolute atomic E-state index is 0.0450. The second-order valence-electron chi connectivity index (χ2n) is 4.55. The average molecular weight is 376 g/mol. The van der Waals surface area contributed by atoms with E-state index in [1.807, 2.05) is 13.8 Å². The van der Waals surface area contributed by atoms with Crippen LogP contribution in [0.4, 0.5) is 10.1 Å². The Hall–Kier alpha value is -1.21. The van der Waals surface area contributed by atoms with Crippen molar-refractivity contribution in [2.45, 2.75) is 13.8 Å². The predicted molar refractivity (Wildman–Crippen MR) is 91.2 cm³/mol. The highest BCUT2D eigenvalue weighted by Gasteiger charge is 2.18. The molecule has 1 aromatic rings. The Kier molecular flexibility index (Phi) is 6.54. The van der Waals surface area contributed by atoms with E-state index in [1.54, 1.807) is 29.0 Å². The van der Waals surface area contributed by atoms with E-state index in [4.69, 9.17) is 18.0 Å². The first kappa shape index (κ1) is 17.8. The summed E-state index contributed by atoms with van der Waals surface area (Å²) < 4.78 is 14.6. The third-order valence-corrected chi connectivity index (χ3v) is 4.22. The topological polar surface area (TPSA) is 49.6 Å². The highest BCUT2D eigenvalue weighted by atomic mass is 79.9. The second-order valence-corrected chi connectivity index (χ2v) is 5.78. The molecular formula is C14H19BrFN3OS. The molecule has 0 unspecified atom stereocenters. The number of nitrogens with zero attached hydrogens (tertiary/aromatic N) is 2. The van der Waals surface area contributed by atoms with Crippen LogP contribution in [0.5, 0.6) is 0 Å². The van der Waals surface area contributed by atoms with E-state index in [-0.39, 0.29) is 21.9 Å². The van der Waals surface area contributed by atoms with Gasteiger partial charge in [0.05, 0.1) is 16.7 Å². The molecule has 0 atom stereocenters. The normalized spacial score (nSPS) is 10.3. The molecule has 0 saturated carbocycles. The van der Waals surface area contributed by atoms with Crippen LogP contribution < -0.4 is 10.6 Å². The summed E-state index contributed by atoms with van der Waals surface area (Å²) in [7, 11) is 1.67. The summed E-state index contributed by atoms with van der Waals surface area (Å²) in [5.41, 5.74) is 6.29. The van der Waals surface area contributed by atoms with Crippen LogP contribution in [0.3, 0.4) is 0 Å². The first-order chi connectivity index (χ1) is 9.83. The number of likely N-dealkylation sites (N-methyl/N-ethyl adjacent to an activating group) is 2. The lowest BCUT2D eigenvalue weighted by Gasteiger charge is -2.25. The molecule has 0 aromatic heterocycles. The fourth-order valence-electron chi connectivity index (χ4n) is 1.99. The van der Waals surface area contributed by atoms with Gasteiger partial charge in [0.2, 0.25) is 5.91 Å². The molecule has 7 heteroatoms. The molecule has 21 heavy (non-hydrogen) atoms. The molecular weight excluding hydrogens is 357 g/mol. The van der Waals surface area contributed by atoms with Gasteiger partial charge in [-0.25, -0.2) is 4.39 Å². The van der Waals surface area contributed by atoms with Crippen LogP contribution in [-0.2, 0) is 4.79 Å². The molecule has 0 radical (unpaired) electrons. The zero-order valence-electron chi connectivity index (χ0n) is 12.3. The quantitative estimate of drug-likeness (QED) is 0.776. The second kappa shape index (κ2) is 7.70. The number of anilines is 1. The minimum atomic E-state index is -0.477. The minimum Gasteiger partial charge on any atom is -0.389 e. The van der Waals surface area contributed by atoms with Crippen LogP contribution in [0.1, 0.15) is 19.4 Å². The van der Waals surface area contributed by atoms with E-state index >= 15 is 0 Å². The summed E-state index contributed by atoms with van der Waals surface area (Å²) in [4.78, 5) is 15.5. The average Bonchev–Trinajstić information content (AvgIpc) is 2.42. The fraction of sp³-hybridized carbons (Fsp3) is 0.429. The molecule has 116 valence electrons. The van der Waals surface area contributed by atoms with E-state index in [0.29, 0.717) is 24.3 Å². The van der Waals surface area contributed by atoms with Gasteiger partial charge in [-0.15, -0.1) is 0 Å². The Morgan fingerprint density at radius 1 is 1.38 bits per heavy atom. The summed E-state index contributed by atoms with van der Waals surface area (Å²) >= 11 is 8.02. The summed E-state index contributed by atoms with van der Waals surface area (Å²) in [5.74, 6) is -0.522. The Balaban J connectivity index is 2.98. The van der Waals surface area contributed by atoms with Crippen LogP contribution in [-0.4, -0.2) is 42.5 Å². The van der Waals surface area contributed by atoms with Crippen molar-refractivity contribution in [3.8, 4) is 0 Å². The van der Waals surface area contributed by atoms with Gasteiger partial charge in [-0.3, -0.25) is 4.79 Å². The fourth-order valence-corrected chi connectivity index (χ4v) is 2.84. The van der Waals surface area contributed by atoms with Crippen molar-refractivity contribution in [2.24, 2.45) is 5.73 Å². The standard InChI is InChI=1S/C14H19BrFN3OS/c1-4-19(5-2)11(20)8-18(3)10-7-6-9(14(17)21)12(15)13(10)16/h6-7H,4-5,8H2,1-3H3,(H2,17,21). The van der Waals surface area contributed by atoms with Gasteiger partial charge in [0.1, 0.15) is 4.99 Å². The number of nitrogens with two attached hydrogens (primary N) is 1.